The number of aliphatic carboxylic acids is 1. The van der Waals surface area contributed by atoms with Crippen LogP contribution in [0.2, 0.25) is 0 Å². The first-order valence-corrected chi connectivity index (χ1v) is 7.40. The summed E-state index contributed by atoms with van der Waals surface area (Å²) in [5.41, 5.74) is 2.29. The van der Waals surface area contributed by atoms with Crippen LogP contribution in [-0.2, 0) is 22.7 Å². The molecule has 0 fully saturated rings. The van der Waals surface area contributed by atoms with E-state index in [0.29, 0.717) is 5.69 Å². The third kappa shape index (κ3) is 3.73. The number of aromatic nitrogens is 1. The molecule has 1 heterocycles. The van der Waals surface area contributed by atoms with Gasteiger partial charge in [0.1, 0.15) is 13.2 Å². The Balaban J connectivity index is 1.64. The molecule has 122 valence electrons. The number of nitrogens with one attached hydrogen (secondary N) is 1. The highest BCUT2D eigenvalue weighted by Crippen LogP contribution is 2.20. The molecule has 0 bridgehead atoms. The van der Waals surface area contributed by atoms with E-state index in [1.54, 1.807) is 35.0 Å². The molecule has 0 aliphatic heterocycles. The number of fused-ring (bicyclic) bond motifs is 1. The molecular formula is C18H16N2O4. The van der Waals surface area contributed by atoms with Crippen LogP contribution in [0, 0.1) is 0 Å². The van der Waals surface area contributed by atoms with Crippen molar-refractivity contribution in [1.82, 2.24) is 4.57 Å². The number of carboxylic acids is 1. The lowest BCUT2D eigenvalue weighted by atomic mass is 10.2. The van der Waals surface area contributed by atoms with Crippen molar-refractivity contribution in [2.24, 2.45) is 0 Å². The number of carboxylic acid groups (broad SMARTS) is 1. The number of rotatable bonds is 5. The van der Waals surface area contributed by atoms with Crippen LogP contribution in [-0.4, -0.2) is 21.7 Å². The molecule has 6 nitrogen and oxygen atoms in total. The van der Waals surface area contributed by atoms with Gasteiger partial charge in [0.05, 0.1) is 0 Å². The van der Waals surface area contributed by atoms with Gasteiger partial charge in [-0.2, -0.15) is 0 Å². The lowest BCUT2D eigenvalue weighted by molar-refractivity contribution is -0.137. The first-order chi connectivity index (χ1) is 11.6. The van der Waals surface area contributed by atoms with Crippen LogP contribution in [0.5, 0.6) is 0 Å². The van der Waals surface area contributed by atoms with Crippen molar-refractivity contribution in [3.63, 3.8) is 0 Å². The number of hydrogen-bond acceptors (Lipinski definition) is 3. The molecule has 6 heteroatoms. The summed E-state index contributed by atoms with van der Waals surface area (Å²) < 4.78 is 6.80. The molecule has 1 amide bonds. The number of hydrogen-bond donors (Lipinski definition) is 2. The fraction of sp³-hybridized carbons (Fsp3) is 0.111. The van der Waals surface area contributed by atoms with Crippen molar-refractivity contribution >= 4 is 28.7 Å². The average molecular weight is 324 g/mol. The molecule has 3 rings (SSSR count). The van der Waals surface area contributed by atoms with Crippen LogP contribution in [0.1, 0.15) is 5.56 Å². The van der Waals surface area contributed by atoms with E-state index in [4.69, 9.17) is 9.84 Å². The fourth-order valence-electron chi connectivity index (χ4n) is 2.44. The highest BCUT2D eigenvalue weighted by molar-refractivity contribution is 5.90. The van der Waals surface area contributed by atoms with Gasteiger partial charge in [0.2, 0.25) is 0 Å². The predicted octanol–water partition coefficient (Wildman–Crippen LogP) is 3.47. The van der Waals surface area contributed by atoms with Crippen LogP contribution < -0.4 is 5.32 Å². The quantitative estimate of drug-likeness (QED) is 0.753. The number of anilines is 1. The molecule has 3 aromatic rings. The predicted molar refractivity (Wildman–Crippen MR) is 89.8 cm³/mol. The summed E-state index contributed by atoms with van der Waals surface area (Å²) in [6.45, 7) is 0.0965. The van der Waals surface area contributed by atoms with Crippen molar-refractivity contribution in [3.8, 4) is 0 Å². The number of amides is 1. The number of nitrogens with zero attached hydrogens (tertiary/aromatic N) is 1. The Hall–Kier alpha value is -3.28. The summed E-state index contributed by atoms with van der Waals surface area (Å²) >= 11 is 0. The van der Waals surface area contributed by atoms with Crippen LogP contribution in [0.4, 0.5) is 10.5 Å². The minimum absolute atomic E-state index is 0.102. The molecule has 0 radical (unpaired) electrons. The first kappa shape index (κ1) is 15.6. The van der Waals surface area contributed by atoms with Gasteiger partial charge in [0, 0.05) is 22.8 Å². The van der Waals surface area contributed by atoms with E-state index in [1.165, 1.54) is 0 Å². The van der Waals surface area contributed by atoms with Gasteiger partial charge in [-0.25, -0.2) is 4.79 Å². The maximum Gasteiger partial charge on any atom is 0.411 e. The summed E-state index contributed by atoms with van der Waals surface area (Å²) in [5, 5.41) is 12.4. The van der Waals surface area contributed by atoms with Crippen LogP contribution in [0.15, 0.2) is 60.8 Å². The summed E-state index contributed by atoms with van der Waals surface area (Å²) in [5.74, 6) is -0.904. The largest absolute Gasteiger partial charge is 0.480 e. The second kappa shape index (κ2) is 6.87. The Morgan fingerprint density at radius 2 is 1.88 bits per heavy atom. The minimum atomic E-state index is -0.904. The van der Waals surface area contributed by atoms with E-state index < -0.39 is 12.1 Å². The van der Waals surface area contributed by atoms with Gasteiger partial charge < -0.3 is 14.4 Å². The maximum atomic E-state index is 11.9. The average Bonchev–Trinajstić information content (AvgIpc) is 2.95. The van der Waals surface area contributed by atoms with E-state index in [-0.39, 0.29) is 13.2 Å². The van der Waals surface area contributed by atoms with Crippen LogP contribution >= 0.6 is 0 Å². The molecule has 0 saturated heterocycles. The van der Waals surface area contributed by atoms with E-state index in [1.807, 2.05) is 30.3 Å². The van der Waals surface area contributed by atoms with Gasteiger partial charge in [-0.15, -0.1) is 0 Å². The topological polar surface area (TPSA) is 80.6 Å². The summed E-state index contributed by atoms with van der Waals surface area (Å²) in [7, 11) is 0. The zero-order valence-corrected chi connectivity index (χ0v) is 12.8. The van der Waals surface area contributed by atoms with Gasteiger partial charge >= 0.3 is 12.1 Å². The molecule has 0 unspecified atom stereocenters. The lowest BCUT2D eigenvalue weighted by Crippen LogP contribution is -2.13. The molecule has 2 aromatic carbocycles. The molecule has 24 heavy (non-hydrogen) atoms. The van der Waals surface area contributed by atoms with E-state index in [2.05, 4.69) is 5.32 Å². The molecular weight excluding hydrogens is 308 g/mol. The molecule has 0 spiro atoms. The zero-order valence-electron chi connectivity index (χ0n) is 12.8. The number of carbonyl (C=O) groups excluding carboxylic acids is 1. The highest BCUT2D eigenvalue weighted by atomic mass is 16.5. The van der Waals surface area contributed by atoms with Crippen molar-refractivity contribution < 1.29 is 19.4 Å². The molecule has 0 aliphatic rings. The number of ether oxygens (including phenoxy) is 1. The van der Waals surface area contributed by atoms with E-state index in [9.17, 15) is 9.59 Å². The second-order valence-corrected chi connectivity index (χ2v) is 5.30. The maximum absolute atomic E-state index is 11.9. The smallest absolute Gasteiger partial charge is 0.411 e. The summed E-state index contributed by atoms with van der Waals surface area (Å²) in [6, 6.07) is 16.5. The lowest BCUT2D eigenvalue weighted by Gasteiger charge is -2.08. The highest BCUT2D eigenvalue weighted by Gasteiger charge is 2.08. The standard InChI is InChI=1S/C18H16N2O4/c21-17(22)11-20-9-8-14-10-15(6-7-16(14)20)19-18(23)24-12-13-4-2-1-3-5-13/h1-10H,11-12H2,(H,19,23)(H,21,22). The van der Waals surface area contributed by atoms with Crippen LogP contribution in [0.3, 0.4) is 0 Å². The monoisotopic (exact) mass is 324 g/mol. The fourth-order valence-corrected chi connectivity index (χ4v) is 2.44. The molecule has 0 aliphatic carbocycles. The van der Waals surface area contributed by atoms with Crippen molar-refractivity contribution in [3.05, 3.63) is 66.4 Å². The van der Waals surface area contributed by atoms with Gasteiger partial charge in [-0.3, -0.25) is 10.1 Å². The number of carbonyl (C=O) groups is 2. The van der Waals surface area contributed by atoms with Crippen LogP contribution in [0.25, 0.3) is 10.9 Å². The Morgan fingerprint density at radius 1 is 1.08 bits per heavy atom. The van der Waals surface area contributed by atoms with Gasteiger partial charge in [-0.1, -0.05) is 30.3 Å². The SMILES string of the molecule is O=C(O)Cn1ccc2cc(NC(=O)OCc3ccccc3)ccc21. The molecule has 1 aromatic heterocycles. The van der Waals surface area contributed by atoms with Crippen molar-refractivity contribution in [2.75, 3.05) is 5.32 Å². The van der Waals surface area contributed by atoms with Gasteiger partial charge in [0.25, 0.3) is 0 Å². The Morgan fingerprint density at radius 3 is 2.62 bits per heavy atom. The van der Waals surface area contributed by atoms with E-state index in [0.717, 1.165) is 16.5 Å². The molecule has 0 atom stereocenters. The number of benzene rings is 2. The molecule has 0 saturated carbocycles. The van der Waals surface area contributed by atoms with Crippen molar-refractivity contribution in [2.45, 2.75) is 13.2 Å². The Labute approximate surface area is 138 Å². The third-order valence-electron chi connectivity index (χ3n) is 3.54. The van der Waals surface area contributed by atoms with Crippen molar-refractivity contribution in [1.29, 1.82) is 0 Å². The van der Waals surface area contributed by atoms with Gasteiger partial charge in [-0.05, 0) is 29.8 Å². The molecule has 2 N–H and O–H groups in total. The first-order valence-electron chi connectivity index (χ1n) is 7.40. The third-order valence-corrected chi connectivity index (χ3v) is 3.54. The summed E-state index contributed by atoms with van der Waals surface area (Å²) in [6.07, 6.45) is 1.17. The summed E-state index contributed by atoms with van der Waals surface area (Å²) in [4.78, 5) is 22.7. The zero-order chi connectivity index (χ0) is 16.9. The Bertz CT molecular complexity index is 871. The normalized spacial score (nSPS) is 10.5. The second-order valence-electron chi connectivity index (χ2n) is 5.30. The Kier molecular flexibility index (Phi) is 4.47. The van der Waals surface area contributed by atoms with E-state index >= 15 is 0 Å². The van der Waals surface area contributed by atoms with Gasteiger partial charge in [0.15, 0.2) is 0 Å². The minimum Gasteiger partial charge on any atom is -0.480 e.